The Hall–Kier alpha value is -2.71. The number of pyridine rings is 2. The molecule has 0 saturated heterocycles. The van der Waals surface area contributed by atoms with E-state index >= 15 is 0 Å². The van der Waals surface area contributed by atoms with Gasteiger partial charge in [0, 0.05) is 18.2 Å². The van der Waals surface area contributed by atoms with Gasteiger partial charge in [0.15, 0.2) is 28.7 Å². The predicted octanol–water partition coefficient (Wildman–Crippen LogP) is 2.91. The van der Waals surface area contributed by atoms with Gasteiger partial charge in [-0.15, -0.1) is 0 Å². The van der Waals surface area contributed by atoms with E-state index in [1.54, 1.807) is 0 Å². The molecule has 0 aliphatic heterocycles. The van der Waals surface area contributed by atoms with Crippen LogP contribution in [0.1, 0.15) is 35.3 Å². The molecule has 2 aromatic rings. The first-order valence-electron chi connectivity index (χ1n) is 7.31. The van der Waals surface area contributed by atoms with Crippen LogP contribution in [-0.2, 0) is 15.8 Å². The van der Waals surface area contributed by atoms with Gasteiger partial charge in [0.1, 0.15) is 11.7 Å². The highest BCUT2D eigenvalue weighted by molar-refractivity contribution is 6.25. The standard InChI is InChI=1S/C16H10F4N2O3/c17-8-4-7-5-9(13(25)12-10(23)2-1-3-11(12)24)14(16(18,19)20)22-15(7)21-6-8/h4-6,12H,1-3H2. The van der Waals surface area contributed by atoms with Gasteiger partial charge < -0.3 is 0 Å². The normalized spacial score (nSPS) is 16.5. The zero-order chi connectivity index (χ0) is 18.4. The molecule has 0 N–H and O–H groups in total. The predicted molar refractivity (Wildman–Crippen MR) is 76.2 cm³/mol. The number of carbonyl (C=O) groups is 3. The zero-order valence-corrected chi connectivity index (χ0v) is 12.6. The summed E-state index contributed by atoms with van der Waals surface area (Å²) in [5.74, 6) is -5.28. The molecule has 1 fully saturated rings. The summed E-state index contributed by atoms with van der Waals surface area (Å²) in [6.07, 6.45) is -4.15. The number of aromatic nitrogens is 2. The van der Waals surface area contributed by atoms with E-state index < -0.39 is 52.2 Å². The van der Waals surface area contributed by atoms with Crippen LogP contribution in [0.4, 0.5) is 17.6 Å². The lowest BCUT2D eigenvalue weighted by atomic mass is 9.81. The molecule has 0 radical (unpaired) electrons. The minimum absolute atomic E-state index is 0.0549. The van der Waals surface area contributed by atoms with E-state index in [2.05, 4.69) is 9.97 Å². The Kier molecular flexibility index (Phi) is 4.09. The van der Waals surface area contributed by atoms with Crippen LogP contribution in [0.25, 0.3) is 11.0 Å². The summed E-state index contributed by atoms with van der Waals surface area (Å²) in [5, 5.41) is -0.132. The van der Waals surface area contributed by atoms with Crippen molar-refractivity contribution in [1.82, 2.24) is 9.97 Å². The Bertz CT molecular complexity index is 892. The molecule has 0 spiro atoms. The van der Waals surface area contributed by atoms with E-state index in [9.17, 15) is 31.9 Å². The van der Waals surface area contributed by atoms with Crippen LogP contribution in [0.2, 0.25) is 0 Å². The first-order chi connectivity index (χ1) is 11.7. The molecule has 1 aliphatic rings. The van der Waals surface area contributed by atoms with Crippen LogP contribution in [0, 0.1) is 11.7 Å². The molecule has 1 aliphatic carbocycles. The van der Waals surface area contributed by atoms with Gasteiger partial charge in [-0.2, -0.15) is 13.2 Å². The quantitative estimate of drug-likeness (QED) is 0.471. The molecule has 0 bridgehead atoms. The number of halogens is 4. The number of fused-ring (bicyclic) bond motifs is 1. The maximum atomic E-state index is 13.3. The fourth-order valence-electron chi connectivity index (χ4n) is 2.79. The molecule has 2 aromatic heterocycles. The van der Waals surface area contributed by atoms with E-state index in [1.165, 1.54) is 0 Å². The molecule has 130 valence electrons. The Morgan fingerprint density at radius 2 is 1.76 bits per heavy atom. The summed E-state index contributed by atoms with van der Waals surface area (Å²) in [7, 11) is 0. The van der Waals surface area contributed by atoms with Crippen molar-refractivity contribution in [3.8, 4) is 0 Å². The van der Waals surface area contributed by atoms with E-state index in [1.807, 2.05) is 0 Å². The second-order valence-corrected chi connectivity index (χ2v) is 5.67. The maximum Gasteiger partial charge on any atom is 0.434 e. The lowest BCUT2D eigenvalue weighted by molar-refractivity contribution is -0.142. The molecule has 2 heterocycles. The number of Topliss-reactive ketones (excluding diaryl/α,β-unsaturated/α-hetero) is 3. The van der Waals surface area contributed by atoms with Crippen LogP contribution in [0.3, 0.4) is 0 Å². The molecule has 0 aromatic carbocycles. The molecule has 5 nitrogen and oxygen atoms in total. The fraction of sp³-hybridized carbons (Fsp3) is 0.312. The highest BCUT2D eigenvalue weighted by Crippen LogP contribution is 2.34. The Morgan fingerprint density at radius 1 is 1.12 bits per heavy atom. The average molecular weight is 354 g/mol. The summed E-state index contributed by atoms with van der Waals surface area (Å²) in [4.78, 5) is 43.1. The monoisotopic (exact) mass is 354 g/mol. The molecule has 0 atom stereocenters. The largest absolute Gasteiger partial charge is 0.434 e. The summed E-state index contributed by atoms with van der Waals surface area (Å²) in [5.41, 5.74) is -2.87. The Morgan fingerprint density at radius 3 is 2.36 bits per heavy atom. The summed E-state index contributed by atoms with van der Waals surface area (Å²) < 4.78 is 53.1. The number of nitrogens with zero attached hydrogens (tertiary/aromatic N) is 2. The zero-order valence-electron chi connectivity index (χ0n) is 12.6. The molecular formula is C16H10F4N2O3. The van der Waals surface area contributed by atoms with Gasteiger partial charge in [0.2, 0.25) is 0 Å². The van der Waals surface area contributed by atoms with Crippen LogP contribution in [0.5, 0.6) is 0 Å². The van der Waals surface area contributed by atoms with Gasteiger partial charge >= 0.3 is 6.18 Å². The number of alkyl halides is 3. The first-order valence-corrected chi connectivity index (χ1v) is 7.31. The van der Waals surface area contributed by atoms with E-state index in [0.29, 0.717) is 6.20 Å². The van der Waals surface area contributed by atoms with Crippen LogP contribution in [0.15, 0.2) is 18.3 Å². The molecular weight excluding hydrogens is 344 g/mol. The Labute approximate surface area is 138 Å². The van der Waals surface area contributed by atoms with E-state index in [-0.39, 0.29) is 24.6 Å². The molecule has 0 amide bonds. The highest BCUT2D eigenvalue weighted by atomic mass is 19.4. The first kappa shape index (κ1) is 17.1. The third kappa shape index (κ3) is 3.13. The molecule has 1 saturated carbocycles. The van der Waals surface area contributed by atoms with Crippen molar-refractivity contribution in [2.45, 2.75) is 25.4 Å². The van der Waals surface area contributed by atoms with Gasteiger partial charge in [-0.25, -0.2) is 14.4 Å². The fourth-order valence-corrected chi connectivity index (χ4v) is 2.79. The summed E-state index contributed by atoms with van der Waals surface area (Å²) in [6, 6.07) is 1.65. The minimum atomic E-state index is -5.00. The van der Waals surface area contributed by atoms with Gasteiger partial charge in [0.05, 0.1) is 11.8 Å². The van der Waals surface area contributed by atoms with E-state index in [4.69, 9.17) is 0 Å². The highest BCUT2D eigenvalue weighted by Gasteiger charge is 2.43. The van der Waals surface area contributed by atoms with Crippen molar-refractivity contribution in [3.63, 3.8) is 0 Å². The minimum Gasteiger partial charge on any atom is -0.298 e. The number of rotatable bonds is 2. The molecule has 25 heavy (non-hydrogen) atoms. The number of carbonyl (C=O) groups excluding carboxylic acids is 3. The Balaban J connectivity index is 2.20. The number of ketones is 3. The topological polar surface area (TPSA) is 77.0 Å². The third-order valence-corrected chi connectivity index (χ3v) is 3.92. The van der Waals surface area contributed by atoms with Gasteiger partial charge in [0.25, 0.3) is 0 Å². The van der Waals surface area contributed by atoms with Crippen molar-refractivity contribution < 1.29 is 31.9 Å². The smallest absolute Gasteiger partial charge is 0.298 e. The lowest BCUT2D eigenvalue weighted by Crippen LogP contribution is -2.36. The lowest BCUT2D eigenvalue weighted by Gasteiger charge is -2.20. The SMILES string of the molecule is O=C1CCCC(=O)C1C(=O)c1cc2cc(F)cnc2nc1C(F)(F)F. The molecule has 3 rings (SSSR count). The number of hydrogen-bond donors (Lipinski definition) is 0. The van der Waals surface area contributed by atoms with Gasteiger partial charge in [-0.1, -0.05) is 0 Å². The van der Waals surface area contributed by atoms with Crippen LogP contribution < -0.4 is 0 Å². The third-order valence-electron chi connectivity index (χ3n) is 3.92. The van der Waals surface area contributed by atoms with Crippen molar-refractivity contribution >= 4 is 28.4 Å². The second-order valence-electron chi connectivity index (χ2n) is 5.67. The summed E-state index contributed by atoms with van der Waals surface area (Å²) >= 11 is 0. The van der Waals surface area contributed by atoms with Gasteiger partial charge in [-0.05, 0) is 18.6 Å². The maximum absolute atomic E-state index is 13.3. The van der Waals surface area contributed by atoms with Crippen molar-refractivity contribution in [2.75, 3.05) is 0 Å². The summed E-state index contributed by atoms with van der Waals surface area (Å²) in [6.45, 7) is 0. The van der Waals surface area contributed by atoms with Crippen molar-refractivity contribution in [2.24, 2.45) is 5.92 Å². The van der Waals surface area contributed by atoms with Crippen molar-refractivity contribution in [3.05, 3.63) is 35.4 Å². The van der Waals surface area contributed by atoms with Crippen LogP contribution >= 0.6 is 0 Å². The average Bonchev–Trinajstić information content (AvgIpc) is 2.52. The van der Waals surface area contributed by atoms with Gasteiger partial charge in [-0.3, -0.25) is 14.4 Å². The van der Waals surface area contributed by atoms with E-state index in [0.717, 1.165) is 12.1 Å². The number of hydrogen-bond acceptors (Lipinski definition) is 5. The molecule has 9 heteroatoms. The second kappa shape index (κ2) is 5.98. The molecule has 0 unspecified atom stereocenters. The van der Waals surface area contributed by atoms with Crippen molar-refractivity contribution in [1.29, 1.82) is 0 Å². The van der Waals surface area contributed by atoms with Crippen LogP contribution in [-0.4, -0.2) is 27.3 Å².